The average molecular weight is 168 g/mol. The first-order chi connectivity index (χ1) is 5.55. The van der Waals surface area contributed by atoms with E-state index in [1.54, 1.807) is 0 Å². The van der Waals surface area contributed by atoms with Crippen LogP contribution in [0.5, 0.6) is 0 Å². The highest BCUT2D eigenvalue weighted by Gasteiger charge is 2.53. The lowest BCUT2D eigenvalue weighted by Crippen LogP contribution is -2.29. The van der Waals surface area contributed by atoms with Gasteiger partial charge in [-0.15, -0.1) is 0 Å². The molecule has 0 spiro atoms. The monoisotopic (exact) mass is 168 g/mol. The van der Waals surface area contributed by atoms with Crippen LogP contribution < -0.4 is 0 Å². The molecule has 2 N–H and O–H groups in total. The molecule has 0 bridgehead atoms. The molecule has 0 heterocycles. The second kappa shape index (κ2) is 2.10. The van der Waals surface area contributed by atoms with Gasteiger partial charge in [0.25, 0.3) is 0 Å². The maximum Gasteiger partial charge on any atom is 0.200 e. The summed E-state index contributed by atoms with van der Waals surface area (Å²) in [7, 11) is 0. The first kappa shape index (κ1) is 7.80. The van der Waals surface area contributed by atoms with Gasteiger partial charge >= 0.3 is 0 Å². The Morgan fingerprint density at radius 1 is 1.58 bits per heavy atom. The Hall–Kier alpha value is -0.830. The fourth-order valence-corrected chi connectivity index (χ4v) is 2.33. The number of carbonyl (C=O) groups excluding carboxylic acids is 1. The normalized spacial score (nSPS) is 46.2. The van der Waals surface area contributed by atoms with E-state index in [-0.39, 0.29) is 17.5 Å². The molecule has 0 radical (unpaired) electrons. The smallest absolute Gasteiger partial charge is 0.200 e. The van der Waals surface area contributed by atoms with Gasteiger partial charge in [-0.3, -0.25) is 4.79 Å². The molecule has 3 heteroatoms. The summed E-state index contributed by atoms with van der Waals surface area (Å²) in [6.07, 6.45) is 2.39. The van der Waals surface area contributed by atoms with Crippen molar-refractivity contribution >= 4 is 5.78 Å². The van der Waals surface area contributed by atoms with Crippen molar-refractivity contribution in [3.63, 3.8) is 0 Å². The maximum absolute atomic E-state index is 11.3. The summed E-state index contributed by atoms with van der Waals surface area (Å²) in [5, 5.41) is 18.8. The number of ketones is 1. The van der Waals surface area contributed by atoms with Crippen molar-refractivity contribution in [2.45, 2.75) is 25.9 Å². The zero-order valence-corrected chi connectivity index (χ0v) is 6.95. The van der Waals surface area contributed by atoms with Crippen LogP contribution in [-0.4, -0.2) is 22.1 Å². The lowest BCUT2D eigenvalue weighted by atomic mass is 9.81. The number of carbonyl (C=O) groups is 1. The summed E-state index contributed by atoms with van der Waals surface area (Å²) in [6, 6.07) is 0. The van der Waals surface area contributed by atoms with Gasteiger partial charge in [-0.2, -0.15) is 0 Å². The zero-order chi connectivity index (χ0) is 8.93. The molecule has 0 amide bonds. The molecule has 0 aliphatic heterocycles. The summed E-state index contributed by atoms with van der Waals surface area (Å²) < 4.78 is 0. The quantitative estimate of drug-likeness (QED) is 0.562. The molecule has 3 atom stereocenters. The molecule has 12 heavy (non-hydrogen) atoms. The Kier molecular flexibility index (Phi) is 1.37. The molecule has 1 fully saturated rings. The van der Waals surface area contributed by atoms with Crippen LogP contribution >= 0.6 is 0 Å². The van der Waals surface area contributed by atoms with E-state index in [2.05, 4.69) is 0 Å². The van der Waals surface area contributed by atoms with Gasteiger partial charge in [0.15, 0.2) is 5.76 Å². The lowest BCUT2D eigenvalue weighted by Gasteiger charge is -2.24. The van der Waals surface area contributed by atoms with E-state index >= 15 is 0 Å². The minimum atomic E-state index is -0.499. The van der Waals surface area contributed by atoms with Crippen molar-refractivity contribution < 1.29 is 15.0 Å². The molecule has 66 valence electrons. The van der Waals surface area contributed by atoms with Crippen molar-refractivity contribution in [3.05, 3.63) is 11.8 Å². The SMILES string of the molecule is C[C@]12C=C(O)C(=O)[C@H]1CC[C@@H]2O. The Morgan fingerprint density at radius 3 is 2.83 bits per heavy atom. The third-order valence-corrected chi connectivity index (χ3v) is 3.21. The highest BCUT2D eigenvalue weighted by Crippen LogP contribution is 2.49. The van der Waals surface area contributed by atoms with Gasteiger partial charge in [0.1, 0.15) is 0 Å². The third kappa shape index (κ3) is 0.719. The molecule has 0 saturated heterocycles. The van der Waals surface area contributed by atoms with E-state index in [1.807, 2.05) is 6.92 Å². The van der Waals surface area contributed by atoms with Crippen molar-refractivity contribution in [1.29, 1.82) is 0 Å². The molecule has 2 aliphatic rings. The van der Waals surface area contributed by atoms with Gasteiger partial charge < -0.3 is 10.2 Å². The van der Waals surface area contributed by atoms with Gasteiger partial charge in [0.05, 0.1) is 6.10 Å². The highest BCUT2D eigenvalue weighted by atomic mass is 16.3. The van der Waals surface area contributed by atoms with Crippen LogP contribution in [0.15, 0.2) is 11.8 Å². The number of hydrogen-bond donors (Lipinski definition) is 2. The van der Waals surface area contributed by atoms with Gasteiger partial charge in [-0.1, -0.05) is 6.92 Å². The fourth-order valence-electron chi connectivity index (χ4n) is 2.33. The van der Waals surface area contributed by atoms with Crippen LogP contribution in [0.25, 0.3) is 0 Å². The topological polar surface area (TPSA) is 57.5 Å². The molecule has 3 nitrogen and oxygen atoms in total. The molecule has 0 aromatic carbocycles. The average Bonchev–Trinajstić information content (AvgIpc) is 2.38. The molecular formula is C9H12O3. The molecular weight excluding hydrogens is 156 g/mol. The fraction of sp³-hybridized carbons (Fsp3) is 0.667. The Balaban J connectivity index is 2.42. The molecule has 0 aromatic rings. The predicted octanol–water partition coefficient (Wildman–Crippen LogP) is 0.788. The van der Waals surface area contributed by atoms with Gasteiger partial charge in [0, 0.05) is 11.3 Å². The summed E-state index contributed by atoms with van der Waals surface area (Å²) in [5.74, 6) is -0.553. The van der Waals surface area contributed by atoms with E-state index in [0.717, 1.165) is 0 Å². The summed E-state index contributed by atoms with van der Waals surface area (Å²) in [6.45, 7) is 1.83. The van der Waals surface area contributed by atoms with Crippen molar-refractivity contribution in [1.82, 2.24) is 0 Å². The van der Waals surface area contributed by atoms with Crippen LogP contribution in [0.4, 0.5) is 0 Å². The van der Waals surface area contributed by atoms with Crippen molar-refractivity contribution in [2.24, 2.45) is 11.3 Å². The number of allylic oxidation sites excluding steroid dienone is 1. The first-order valence-corrected chi connectivity index (χ1v) is 4.20. The number of rotatable bonds is 0. The van der Waals surface area contributed by atoms with E-state index in [9.17, 15) is 15.0 Å². The number of Topliss-reactive ketones (excluding diaryl/α,β-unsaturated/α-hetero) is 1. The largest absolute Gasteiger partial charge is 0.505 e. The van der Waals surface area contributed by atoms with E-state index < -0.39 is 11.5 Å². The van der Waals surface area contributed by atoms with E-state index in [1.165, 1.54) is 6.08 Å². The van der Waals surface area contributed by atoms with Gasteiger partial charge in [0.2, 0.25) is 5.78 Å². The van der Waals surface area contributed by atoms with Crippen LogP contribution in [0.2, 0.25) is 0 Å². The molecule has 2 rings (SSSR count). The van der Waals surface area contributed by atoms with Crippen molar-refractivity contribution in [3.8, 4) is 0 Å². The Morgan fingerprint density at radius 2 is 2.25 bits per heavy atom. The van der Waals surface area contributed by atoms with Gasteiger partial charge in [-0.25, -0.2) is 0 Å². The van der Waals surface area contributed by atoms with Crippen LogP contribution in [0.1, 0.15) is 19.8 Å². The minimum Gasteiger partial charge on any atom is -0.505 e. The minimum absolute atomic E-state index is 0.166. The van der Waals surface area contributed by atoms with Gasteiger partial charge in [-0.05, 0) is 18.9 Å². The number of aliphatic hydroxyl groups is 2. The highest BCUT2D eigenvalue weighted by molar-refractivity contribution is 5.98. The first-order valence-electron chi connectivity index (χ1n) is 4.20. The molecule has 0 unspecified atom stereocenters. The maximum atomic E-state index is 11.3. The molecule has 0 aromatic heterocycles. The summed E-state index contributed by atoms with van der Waals surface area (Å²) >= 11 is 0. The van der Waals surface area contributed by atoms with Crippen molar-refractivity contribution in [2.75, 3.05) is 0 Å². The lowest BCUT2D eigenvalue weighted by molar-refractivity contribution is -0.122. The van der Waals surface area contributed by atoms with Crippen LogP contribution in [0, 0.1) is 11.3 Å². The Bertz CT molecular complexity index is 269. The molecule has 2 aliphatic carbocycles. The second-order valence-corrected chi connectivity index (χ2v) is 3.91. The second-order valence-electron chi connectivity index (χ2n) is 3.91. The molecule has 1 saturated carbocycles. The predicted molar refractivity (Wildman–Crippen MR) is 42.6 cm³/mol. The van der Waals surface area contributed by atoms with E-state index in [0.29, 0.717) is 12.8 Å². The number of fused-ring (bicyclic) bond motifs is 1. The van der Waals surface area contributed by atoms with E-state index in [4.69, 9.17) is 0 Å². The standard InChI is InChI=1S/C9H12O3/c1-9-4-6(10)8(12)5(9)2-3-7(9)11/h4-5,7,10-11H,2-3H2,1H3/t5-,7+,9+/m1/s1. The number of hydrogen-bond acceptors (Lipinski definition) is 3. The van der Waals surface area contributed by atoms with Crippen LogP contribution in [-0.2, 0) is 4.79 Å². The number of aliphatic hydroxyl groups excluding tert-OH is 2. The summed E-state index contributed by atoms with van der Waals surface area (Å²) in [4.78, 5) is 11.3. The zero-order valence-electron chi connectivity index (χ0n) is 6.95. The summed E-state index contributed by atoms with van der Waals surface area (Å²) in [5.41, 5.74) is -0.499. The third-order valence-electron chi connectivity index (χ3n) is 3.21. The van der Waals surface area contributed by atoms with Crippen LogP contribution in [0.3, 0.4) is 0 Å². The Labute approximate surface area is 70.7 Å².